The summed E-state index contributed by atoms with van der Waals surface area (Å²) in [4.78, 5) is 20.5. The lowest BCUT2D eigenvalue weighted by Gasteiger charge is -2.13. The summed E-state index contributed by atoms with van der Waals surface area (Å²) in [7, 11) is 0. The standard InChI is InChI=1S/C24H15F2N3O/c25-20-10-17(16-6-5-15-7-8-27-12-18(15)9-16)11-21(26)19(20)14-29-23-4-2-1-3-22(23)28-13-24(29)30/h1-13H,14H2. The molecular weight excluding hydrogens is 384 g/mol. The van der Waals surface area contributed by atoms with Gasteiger partial charge in [0.1, 0.15) is 11.6 Å². The van der Waals surface area contributed by atoms with Crippen LogP contribution in [0.4, 0.5) is 8.78 Å². The van der Waals surface area contributed by atoms with Crippen LogP contribution in [0.5, 0.6) is 0 Å². The number of fused-ring (bicyclic) bond motifs is 2. The first-order chi connectivity index (χ1) is 14.6. The normalized spacial score (nSPS) is 11.3. The van der Waals surface area contributed by atoms with E-state index in [4.69, 9.17) is 0 Å². The minimum atomic E-state index is -0.705. The Morgan fingerprint density at radius 1 is 0.833 bits per heavy atom. The molecule has 0 unspecified atom stereocenters. The highest BCUT2D eigenvalue weighted by atomic mass is 19.1. The van der Waals surface area contributed by atoms with E-state index in [1.165, 1.54) is 16.7 Å². The van der Waals surface area contributed by atoms with E-state index in [-0.39, 0.29) is 12.1 Å². The molecule has 4 nitrogen and oxygen atoms in total. The van der Waals surface area contributed by atoms with Crippen LogP contribution in [0.15, 0.2) is 84.0 Å². The van der Waals surface area contributed by atoms with Crippen LogP contribution in [0.1, 0.15) is 5.56 Å². The molecule has 0 bridgehead atoms. The third kappa shape index (κ3) is 3.12. The zero-order valence-corrected chi connectivity index (χ0v) is 15.7. The number of hydrogen-bond acceptors (Lipinski definition) is 3. The fourth-order valence-corrected chi connectivity index (χ4v) is 3.62. The average Bonchev–Trinajstić information content (AvgIpc) is 2.77. The molecule has 5 rings (SSSR count). The Labute approximate surface area is 170 Å². The fourth-order valence-electron chi connectivity index (χ4n) is 3.62. The lowest BCUT2D eigenvalue weighted by molar-refractivity contribution is 0.545. The van der Waals surface area contributed by atoms with Gasteiger partial charge in [-0.2, -0.15) is 0 Å². The first-order valence-corrected chi connectivity index (χ1v) is 9.37. The highest BCUT2D eigenvalue weighted by molar-refractivity contribution is 5.86. The van der Waals surface area contributed by atoms with Gasteiger partial charge in [0.25, 0.3) is 5.56 Å². The third-order valence-electron chi connectivity index (χ3n) is 5.18. The smallest absolute Gasteiger partial charge is 0.269 e. The van der Waals surface area contributed by atoms with Crippen molar-refractivity contribution in [1.29, 1.82) is 0 Å². The maximum Gasteiger partial charge on any atom is 0.269 e. The Morgan fingerprint density at radius 2 is 1.63 bits per heavy atom. The second kappa shape index (κ2) is 7.15. The Kier molecular flexibility index (Phi) is 4.32. The maximum absolute atomic E-state index is 14.9. The second-order valence-corrected chi connectivity index (χ2v) is 7.03. The Morgan fingerprint density at radius 3 is 2.47 bits per heavy atom. The molecule has 30 heavy (non-hydrogen) atoms. The van der Waals surface area contributed by atoms with E-state index < -0.39 is 17.2 Å². The van der Waals surface area contributed by atoms with Crippen LogP contribution in [0.2, 0.25) is 0 Å². The molecule has 2 heterocycles. The monoisotopic (exact) mass is 399 g/mol. The van der Waals surface area contributed by atoms with Gasteiger partial charge in [-0.05, 0) is 52.9 Å². The molecule has 0 fully saturated rings. The maximum atomic E-state index is 14.9. The summed E-state index contributed by atoms with van der Waals surface area (Å²) in [5, 5.41) is 1.88. The van der Waals surface area contributed by atoms with Gasteiger partial charge in [-0.1, -0.05) is 24.3 Å². The largest absolute Gasteiger partial charge is 0.301 e. The van der Waals surface area contributed by atoms with Crippen molar-refractivity contribution in [2.45, 2.75) is 6.54 Å². The molecule has 0 saturated heterocycles. The molecule has 0 aliphatic rings. The van der Waals surface area contributed by atoms with Gasteiger partial charge in [0.2, 0.25) is 0 Å². The van der Waals surface area contributed by atoms with Crippen LogP contribution in [0, 0.1) is 11.6 Å². The van der Waals surface area contributed by atoms with E-state index in [0.717, 1.165) is 17.0 Å². The SMILES string of the molecule is O=c1cnc2ccccc2n1Cc1c(F)cc(-c2ccc3ccncc3c2)cc1F. The summed E-state index contributed by atoms with van der Waals surface area (Å²) >= 11 is 0. The highest BCUT2D eigenvalue weighted by Gasteiger charge is 2.15. The first kappa shape index (κ1) is 18.1. The molecule has 0 aliphatic carbocycles. The van der Waals surface area contributed by atoms with Crippen LogP contribution in [0.3, 0.4) is 0 Å². The van der Waals surface area contributed by atoms with Gasteiger partial charge in [0, 0.05) is 23.3 Å². The molecule has 6 heteroatoms. The molecule has 0 radical (unpaired) electrons. The van der Waals surface area contributed by atoms with Gasteiger partial charge >= 0.3 is 0 Å². The van der Waals surface area contributed by atoms with E-state index in [1.807, 2.05) is 24.3 Å². The number of benzene rings is 3. The molecule has 0 spiro atoms. The van der Waals surface area contributed by atoms with Crippen molar-refractivity contribution in [2.24, 2.45) is 0 Å². The molecule has 0 saturated carbocycles. The second-order valence-electron chi connectivity index (χ2n) is 7.03. The summed E-state index contributed by atoms with van der Waals surface area (Å²) in [5.41, 5.74) is 1.63. The molecule has 146 valence electrons. The summed E-state index contributed by atoms with van der Waals surface area (Å²) in [5.74, 6) is -1.41. The molecule has 0 atom stereocenters. The van der Waals surface area contributed by atoms with Crippen molar-refractivity contribution in [2.75, 3.05) is 0 Å². The topological polar surface area (TPSA) is 47.8 Å². The van der Waals surface area contributed by atoms with Gasteiger partial charge in [-0.3, -0.25) is 9.78 Å². The summed E-state index contributed by atoms with van der Waals surface area (Å²) in [6, 6.07) is 17.0. The van der Waals surface area contributed by atoms with Crippen LogP contribution in [-0.4, -0.2) is 14.5 Å². The van der Waals surface area contributed by atoms with E-state index >= 15 is 0 Å². The number of nitrogens with zero attached hydrogens (tertiary/aromatic N) is 3. The average molecular weight is 399 g/mol. The van der Waals surface area contributed by atoms with Crippen LogP contribution in [-0.2, 0) is 6.54 Å². The Hall–Kier alpha value is -3.93. The molecule has 0 N–H and O–H groups in total. The van der Waals surface area contributed by atoms with Gasteiger partial charge in [0.15, 0.2) is 0 Å². The van der Waals surface area contributed by atoms with Crippen molar-refractivity contribution < 1.29 is 8.78 Å². The summed E-state index contributed by atoms with van der Waals surface area (Å²) < 4.78 is 31.2. The third-order valence-corrected chi connectivity index (χ3v) is 5.18. The molecule has 3 aromatic carbocycles. The predicted molar refractivity (Wildman–Crippen MR) is 112 cm³/mol. The fraction of sp³-hybridized carbons (Fsp3) is 0.0417. The van der Waals surface area contributed by atoms with Gasteiger partial charge in [-0.25, -0.2) is 13.8 Å². The van der Waals surface area contributed by atoms with Crippen molar-refractivity contribution in [1.82, 2.24) is 14.5 Å². The van der Waals surface area contributed by atoms with Gasteiger partial charge < -0.3 is 4.57 Å². The lowest BCUT2D eigenvalue weighted by Crippen LogP contribution is -2.22. The first-order valence-electron chi connectivity index (χ1n) is 9.37. The number of hydrogen-bond donors (Lipinski definition) is 0. The number of rotatable bonds is 3. The molecule has 0 aliphatic heterocycles. The zero-order chi connectivity index (χ0) is 20.7. The van der Waals surface area contributed by atoms with E-state index in [9.17, 15) is 13.6 Å². The predicted octanol–water partition coefficient (Wildman–Crippen LogP) is 4.94. The molecule has 5 aromatic rings. The van der Waals surface area contributed by atoms with Crippen LogP contribution >= 0.6 is 0 Å². The highest BCUT2D eigenvalue weighted by Crippen LogP contribution is 2.28. The van der Waals surface area contributed by atoms with E-state index in [2.05, 4.69) is 9.97 Å². The molecule has 2 aromatic heterocycles. The number of halogens is 2. The Balaban J connectivity index is 1.58. The van der Waals surface area contributed by atoms with E-state index in [1.54, 1.807) is 36.7 Å². The minimum Gasteiger partial charge on any atom is -0.301 e. The number of aromatic nitrogens is 3. The zero-order valence-electron chi connectivity index (χ0n) is 15.7. The van der Waals surface area contributed by atoms with Crippen molar-refractivity contribution >= 4 is 21.8 Å². The van der Waals surface area contributed by atoms with Crippen molar-refractivity contribution in [3.05, 3.63) is 107 Å². The van der Waals surface area contributed by atoms with Crippen LogP contribution < -0.4 is 5.56 Å². The minimum absolute atomic E-state index is 0.167. The molecular formula is C24H15F2N3O. The Bertz CT molecular complexity index is 1450. The lowest BCUT2D eigenvalue weighted by atomic mass is 10.0. The number of para-hydroxylation sites is 2. The quantitative estimate of drug-likeness (QED) is 0.432. The van der Waals surface area contributed by atoms with Gasteiger partial charge in [0.05, 0.1) is 23.8 Å². The molecule has 0 amide bonds. The van der Waals surface area contributed by atoms with Crippen LogP contribution in [0.25, 0.3) is 32.9 Å². The van der Waals surface area contributed by atoms with E-state index in [0.29, 0.717) is 22.2 Å². The van der Waals surface area contributed by atoms with Gasteiger partial charge in [-0.15, -0.1) is 0 Å². The number of pyridine rings is 1. The summed E-state index contributed by atoms with van der Waals surface area (Å²) in [6.45, 7) is -0.221. The summed E-state index contributed by atoms with van der Waals surface area (Å²) in [6.07, 6.45) is 4.57. The van der Waals surface area contributed by atoms with Crippen molar-refractivity contribution in [3.8, 4) is 11.1 Å². The van der Waals surface area contributed by atoms with Crippen molar-refractivity contribution in [3.63, 3.8) is 0 Å².